The Kier molecular flexibility index (Phi) is 2.44. The minimum atomic E-state index is -0.152. The number of fused-ring (bicyclic) bond motifs is 1. The van der Waals surface area contributed by atoms with E-state index in [4.69, 9.17) is 0 Å². The molecule has 14 heavy (non-hydrogen) atoms. The van der Waals surface area contributed by atoms with Crippen molar-refractivity contribution >= 4 is 5.69 Å². The molecule has 2 rings (SSSR count). The van der Waals surface area contributed by atoms with Gasteiger partial charge in [-0.3, -0.25) is 0 Å². The largest absolute Gasteiger partial charge is 0.382 e. The molecule has 1 aromatic rings. The smallest absolute Gasteiger partial charge is 0.125 e. The first-order valence-electron chi connectivity index (χ1n) is 5.22. The first kappa shape index (κ1) is 9.50. The molecule has 76 valence electrons. The van der Waals surface area contributed by atoms with Crippen molar-refractivity contribution in [2.75, 3.05) is 5.32 Å². The fourth-order valence-corrected chi connectivity index (χ4v) is 1.98. The first-order valence-corrected chi connectivity index (χ1v) is 5.22. The van der Waals surface area contributed by atoms with Crippen molar-refractivity contribution in [1.82, 2.24) is 0 Å². The lowest BCUT2D eigenvalue weighted by molar-refractivity contribution is 0.482. The normalized spacial score (nSPS) is 20.4. The van der Waals surface area contributed by atoms with E-state index in [0.29, 0.717) is 12.0 Å². The van der Waals surface area contributed by atoms with Gasteiger partial charge in [0.1, 0.15) is 5.82 Å². The average molecular weight is 193 g/mol. The zero-order valence-corrected chi connectivity index (χ0v) is 8.68. The third-order valence-corrected chi connectivity index (χ3v) is 2.94. The molecule has 1 aromatic carbocycles. The van der Waals surface area contributed by atoms with Gasteiger partial charge in [-0.1, -0.05) is 19.9 Å². The molecule has 1 nitrogen and oxygen atoms in total. The highest BCUT2D eigenvalue weighted by Gasteiger charge is 2.20. The van der Waals surface area contributed by atoms with Gasteiger partial charge < -0.3 is 5.32 Å². The molecule has 0 aromatic heterocycles. The molecule has 1 heterocycles. The standard InChI is InChI=1S/C12H16FN/c1-8(2)11-6-4-9-3-5-10(13)7-12(9)14-11/h3,5,7-8,11,14H,4,6H2,1-2H3. The number of hydrogen-bond acceptors (Lipinski definition) is 1. The summed E-state index contributed by atoms with van der Waals surface area (Å²) in [7, 11) is 0. The second-order valence-electron chi connectivity index (χ2n) is 4.33. The Morgan fingerprint density at radius 3 is 2.93 bits per heavy atom. The first-order chi connectivity index (χ1) is 6.66. The van der Waals surface area contributed by atoms with Crippen LogP contribution >= 0.6 is 0 Å². The van der Waals surface area contributed by atoms with Crippen LogP contribution < -0.4 is 5.32 Å². The summed E-state index contributed by atoms with van der Waals surface area (Å²) in [6.07, 6.45) is 2.21. The number of halogens is 1. The van der Waals surface area contributed by atoms with Crippen LogP contribution in [-0.2, 0) is 6.42 Å². The van der Waals surface area contributed by atoms with Gasteiger partial charge in [-0.15, -0.1) is 0 Å². The predicted octanol–water partition coefficient (Wildman–Crippen LogP) is 3.21. The summed E-state index contributed by atoms with van der Waals surface area (Å²) in [6.45, 7) is 4.39. The van der Waals surface area contributed by atoms with E-state index >= 15 is 0 Å². The lowest BCUT2D eigenvalue weighted by Gasteiger charge is -2.29. The van der Waals surface area contributed by atoms with Crippen LogP contribution in [0.1, 0.15) is 25.8 Å². The maximum atomic E-state index is 13.0. The molecular weight excluding hydrogens is 177 g/mol. The van der Waals surface area contributed by atoms with Gasteiger partial charge >= 0.3 is 0 Å². The van der Waals surface area contributed by atoms with Crippen LogP contribution in [0.5, 0.6) is 0 Å². The molecule has 1 aliphatic rings. The second-order valence-corrected chi connectivity index (χ2v) is 4.33. The lowest BCUT2D eigenvalue weighted by atomic mass is 9.91. The van der Waals surface area contributed by atoms with Crippen molar-refractivity contribution in [3.8, 4) is 0 Å². The van der Waals surface area contributed by atoms with Crippen LogP contribution in [0.2, 0.25) is 0 Å². The number of rotatable bonds is 1. The van der Waals surface area contributed by atoms with E-state index in [9.17, 15) is 4.39 Å². The summed E-state index contributed by atoms with van der Waals surface area (Å²) < 4.78 is 13.0. The topological polar surface area (TPSA) is 12.0 Å². The molecule has 1 N–H and O–H groups in total. The van der Waals surface area contributed by atoms with Crippen LogP contribution in [0.4, 0.5) is 10.1 Å². The van der Waals surface area contributed by atoms with E-state index in [0.717, 1.165) is 18.5 Å². The van der Waals surface area contributed by atoms with E-state index in [1.165, 1.54) is 11.6 Å². The Hall–Kier alpha value is -1.05. The van der Waals surface area contributed by atoms with E-state index in [1.54, 1.807) is 6.07 Å². The van der Waals surface area contributed by atoms with Gasteiger partial charge in [0.2, 0.25) is 0 Å². The molecule has 1 aliphatic heterocycles. The molecule has 2 heteroatoms. The van der Waals surface area contributed by atoms with Gasteiger partial charge in [-0.2, -0.15) is 0 Å². The molecule has 0 amide bonds. The molecule has 1 atom stereocenters. The van der Waals surface area contributed by atoms with Crippen molar-refractivity contribution in [2.45, 2.75) is 32.7 Å². The predicted molar refractivity (Wildman–Crippen MR) is 57.0 cm³/mol. The fraction of sp³-hybridized carbons (Fsp3) is 0.500. The number of hydrogen-bond donors (Lipinski definition) is 1. The minimum absolute atomic E-state index is 0.152. The van der Waals surface area contributed by atoms with Crippen LogP contribution in [0.15, 0.2) is 18.2 Å². The zero-order valence-electron chi connectivity index (χ0n) is 8.68. The van der Waals surface area contributed by atoms with Crippen molar-refractivity contribution in [3.63, 3.8) is 0 Å². The van der Waals surface area contributed by atoms with Gasteiger partial charge in [-0.25, -0.2) is 4.39 Å². The quantitative estimate of drug-likeness (QED) is 0.722. The Labute approximate surface area is 84.3 Å². The molecule has 0 radical (unpaired) electrons. The second kappa shape index (κ2) is 3.60. The molecule has 0 aliphatic carbocycles. The van der Waals surface area contributed by atoms with Gasteiger partial charge in [0.25, 0.3) is 0 Å². The van der Waals surface area contributed by atoms with Crippen molar-refractivity contribution in [3.05, 3.63) is 29.6 Å². The summed E-state index contributed by atoms with van der Waals surface area (Å²) in [5.41, 5.74) is 2.22. The van der Waals surface area contributed by atoms with Crippen LogP contribution in [0.3, 0.4) is 0 Å². The summed E-state index contributed by atoms with van der Waals surface area (Å²) in [5, 5.41) is 3.40. The lowest BCUT2D eigenvalue weighted by Crippen LogP contribution is -2.30. The Morgan fingerprint density at radius 1 is 1.43 bits per heavy atom. The maximum absolute atomic E-state index is 13.0. The third-order valence-electron chi connectivity index (χ3n) is 2.94. The van der Waals surface area contributed by atoms with Crippen LogP contribution in [0, 0.1) is 11.7 Å². The Bertz CT molecular complexity index is 333. The molecular formula is C12H16FN. The van der Waals surface area contributed by atoms with Crippen molar-refractivity contribution < 1.29 is 4.39 Å². The fourth-order valence-electron chi connectivity index (χ4n) is 1.98. The maximum Gasteiger partial charge on any atom is 0.125 e. The molecule has 0 saturated carbocycles. The molecule has 0 saturated heterocycles. The Balaban J connectivity index is 2.24. The summed E-state index contributed by atoms with van der Waals surface area (Å²) in [5.74, 6) is 0.451. The highest BCUT2D eigenvalue weighted by atomic mass is 19.1. The summed E-state index contributed by atoms with van der Waals surface area (Å²) in [4.78, 5) is 0. The number of aryl methyl sites for hydroxylation is 1. The van der Waals surface area contributed by atoms with E-state index in [-0.39, 0.29) is 5.82 Å². The summed E-state index contributed by atoms with van der Waals surface area (Å²) >= 11 is 0. The van der Waals surface area contributed by atoms with Crippen LogP contribution in [-0.4, -0.2) is 6.04 Å². The molecule has 0 bridgehead atoms. The van der Waals surface area contributed by atoms with E-state index in [1.807, 2.05) is 6.07 Å². The zero-order chi connectivity index (χ0) is 10.1. The van der Waals surface area contributed by atoms with Crippen molar-refractivity contribution in [1.29, 1.82) is 0 Å². The molecule has 0 spiro atoms. The molecule has 1 unspecified atom stereocenters. The number of anilines is 1. The molecule has 0 fully saturated rings. The van der Waals surface area contributed by atoms with E-state index in [2.05, 4.69) is 19.2 Å². The van der Waals surface area contributed by atoms with E-state index < -0.39 is 0 Å². The van der Waals surface area contributed by atoms with Gasteiger partial charge in [0, 0.05) is 11.7 Å². The minimum Gasteiger partial charge on any atom is -0.382 e. The highest BCUT2D eigenvalue weighted by molar-refractivity contribution is 5.54. The van der Waals surface area contributed by atoms with Crippen LogP contribution in [0.25, 0.3) is 0 Å². The number of nitrogens with one attached hydrogen (secondary N) is 1. The van der Waals surface area contributed by atoms with Gasteiger partial charge in [0.15, 0.2) is 0 Å². The highest BCUT2D eigenvalue weighted by Crippen LogP contribution is 2.27. The Morgan fingerprint density at radius 2 is 2.21 bits per heavy atom. The monoisotopic (exact) mass is 193 g/mol. The third kappa shape index (κ3) is 1.74. The van der Waals surface area contributed by atoms with Gasteiger partial charge in [0.05, 0.1) is 0 Å². The van der Waals surface area contributed by atoms with Crippen molar-refractivity contribution in [2.24, 2.45) is 5.92 Å². The average Bonchev–Trinajstić information content (AvgIpc) is 2.16. The number of benzene rings is 1. The van der Waals surface area contributed by atoms with Gasteiger partial charge in [-0.05, 0) is 36.5 Å². The summed E-state index contributed by atoms with van der Waals surface area (Å²) in [6, 6.07) is 5.51. The SMILES string of the molecule is CC(C)C1CCc2ccc(F)cc2N1.